The van der Waals surface area contributed by atoms with Gasteiger partial charge in [-0.1, -0.05) is 5.16 Å². The Bertz CT molecular complexity index is 542. The van der Waals surface area contributed by atoms with Crippen LogP contribution in [-0.4, -0.2) is 10.1 Å². The van der Waals surface area contributed by atoms with Crippen LogP contribution in [0.5, 0.6) is 0 Å². The Balaban J connectivity index is 1.98. The number of hydrogen-bond donors (Lipinski definition) is 1. The Morgan fingerprint density at radius 2 is 2.22 bits per heavy atom. The van der Waals surface area contributed by atoms with E-state index in [0.29, 0.717) is 24.4 Å². The van der Waals surface area contributed by atoms with E-state index in [-0.39, 0.29) is 5.69 Å². The van der Waals surface area contributed by atoms with Crippen LogP contribution in [-0.2, 0) is 13.1 Å². The van der Waals surface area contributed by atoms with Crippen molar-refractivity contribution in [2.75, 3.05) is 0 Å². The Hall–Kier alpha value is -2.28. The average Bonchev–Trinajstić information content (AvgIpc) is 2.81. The van der Waals surface area contributed by atoms with Crippen LogP contribution in [0, 0.1) is 15.9 Å². The first-order valence-electron chi connectivity index (χ1n) is 5.19. The summed E-state index contributed by atoms with van der Waals surface area (Å²) in [4.78, 5) is 9.94. The molecule has 0 bridgehead atoms. The van der Waals surface area contributed by atoms with E-state index in [4.69, 9.17) is 4.52 Å². The smallest absolute Gasteiger partial charge is 0.272 e. The molecule has 0 radical (unpaired) electrons. The van der Waals surface area contributed by atoms with Crippen LogP contribution in [0.1, 0.15) is 11.3 Å². The fourth-order valence-electron chi connectivity index (χ4n) is 1.50. The number of rotatable bonds is 5. The quantitative estimate of drug-likeness (QED) is 0.649. The third-order valence-corrected chi connectivity index (χ3v) is 2.27. The highest BCUT2D eigenvalue weighted by Gasteiger charge is 2.09. The van der Waals surface area contributed by atoms with E-state index < -0.39 is 10.7 Å². The molecule has 1 aromatic heterocycles. The minimum atomic E-state index is -0.624. The number of benzene rings is 1. The van der Waals surface area contributed by atoms with E-state index >= 15 is 0 Å². The van der Waals surface area contributed by atoms with Crippen molar-refractivity contribution in [2.45, 2.75) is 13.1 Å². The van der Waals surface area contributed by atoms with Gasteiger partial charge in [0, 0.05) is 18.7 Å². The van der Waals surface area contributed by atoms with E-state index in [1.54, 1.807) is 6.07 Å². The van der Waals surface area contributed by atoms with Gasteiger partial charge in [0.25, 0.3) is 5.69 Å². The first kappa shape index (κ1) is 12.2. The van der Waals surface area contributed by atoms with Crippen LogP contribution in [0.3, 0.4) is 0 Å². The van der Waals surface area contributed by atoms with Gasteiger partial charge >= 0.3 is 0 Å². The predicted octanol–water partition coefficient (Wildman–Crippen LogP) is 2.01. The summed E-state index contributed by atoms with van der Waals surface area (Å²) in [7, 11) is 0. The SMILES string of the molecule is O=[N+]([O-])c1cc(F)cc(CNCc2ccno2)c1. The Morgan fingerprint density at radius 3 is 2.89 bits per heavy atom. The molecule has 0 fully saturated rings. The second-order valence-electron chi connectivity index (χ2n) is 3.66. The second kappa shape index (κ2) is 5.37. The number of hydrogen-bond acceptors (Lipinski definition) is 5. The zero-order chi connectivity index (χ0) is 13.0. The van der Waals surface area contributed by atoms with Crippen molar-refractivity contribution in [1.29, 1.82) is 0 Å². The van der Waals surface area contributed by atoms with Gasteiger partial charge < -0.3 is 9.84 Å². The standard InChI is InChI=1S/C11H10FN3O3/c12-9-3-8(4-10(5-9)15(16)17)6-13-7-11-1-2-14-18-11/h1-5,13H,6-7H2. The average molecular weight is 251 g/mol. The summed E-state index contributed by atoms with van der Waals surface area (Å²) in [6, 6.07) is 5.16. The lowest BCUT2D eigenvalue weighted by molar-refractivity contribution is -0.385. The van der Waals surface area contributed by atoms with Crippen molar-refractivity contribution in [3.8, 4) is 0 Å². The molecule has 18 heavy (non-hydrogen) atoms. The lowest BCUT2D eigenvalue weighted by Crippen LogP contribution is -2.12. The lowest BCUT2D eigenvalue weighted by Gasteiger charge is -2.03. The Morgan fingerprint density at radius 1 is 1.39 bits per heavy atom. The first-order chi connectivity index (χ1) is 8.65. The largest absolute Gasteiger partial charge is 0.360 e. The van der Waals surface area contributed by atoms with Gasteiger partial charge in [-0.2, -0.15) is 0 Å². The monoisotopic (exact) mass is 251 g/mol. The van der Waals surface area contributed by atoms with Gasteiger partial charge in [0.05, 0.1) is 23.7 Å². The summed E-state index contributed by atoms with van der Waals surface area (Å²) < 4.78 is 18.0. The number of nitrogens with zero attached hydrogens (tertiary/aromatic N) is 2. The third kappa shape index (κ3) is 3.11. The zero-order valence-corrected chi connectivity index (χ0v) is 9.30. The van der Waals surface area contributed by atoms with Gasteiger partial charge in [-0.25, -0.2) is 4.39 Å². The molecular weight excluding hydrogens is 241 g/mol. The summed E-state index contributed by atoms with van der Waals surface area (Å²) >= 11 is 0. The number of nitrogens with one attached hydrogen (secondary N) is 1. The molecule has 1 aromatic carbocycles. The number of aromatic nitrogens is 1. The van der Waals surface area contributed by atoms with Crippen molar-refractivity contribution in [2.24, 2.45) is 0 Å². The van der Waals surface area contributed by atoms with Gasteiger partial charge in [-0.15, -0.1) is 0 Å². The molecule has 2 rings (SSSR count). The van der Waals surface area contributed by atoms with Crippen molar-refractivity contribution in [3.63, 3.8) is 0 Å². The minimum Gasteiger partial charge on any atom is -0.360 e. The molecule has 2 aromatic rings. The van der Waals surface area contributed by atoms with Gasteiger partial charge in [0.1, 0.15) is 11.6 Å². The molecule has 0 aliphatic carbocycles. The lowest BCUT2D eigenvalue weighted by atomic mass is 10.2. The van der Waals surface area contributed by atoms with Gasteiger partial charge in [0.15, 0.2) is 0 Å². The summed E-state index contributed by atoms with van der Waals surface area (Å²) in [5, 5.41) is 17.1. The molecule has 0 aliphatic rings. The van der Waals surface area contributed by atoms with Crippen LogP contribution in [0.25, 0.3) is 0 Å². The number of halogens is 1. The summed E-state index contributed by atoms with van der Waals surface area (Å²) in [5.74, 6) is 0.0153. The van der Waals surface area contributed by atoms with E-state index in [9.17, 15) is 14.5 Å². The minimum absolute atomic E-state index is 0.258. The van der Waals surface area contributed by atoms with Crippen LogP contribution in [0.15, 0.2) is 35.0 Å². The highest BCUT2D eigenvalue weighted by atomic mass is 19.1. The van der Waals surface area contributed by atoms with Crippen LogP contribution < -0.4 is 5.32 Å². The summed E-state index contributed by atoms with van der Waals surface area (Å²) in [6.07, 6.45) is 1.52. The number of nitro groups is 1. The Kier molecular flexibility index (Phi) is 3.63. The van der Waals surface area contributed by atoms with Crippen LogP contribution in [0.2, 0.25) is 0 Å². The fraction of sp³-hybridized carbons (Fsp3) is 0.182. The van der Waals surface area contributed by atoms with Crippen molar-refractivity contribution >= 4 is 5.69 Å². The molecule has 7 heteroatoms. The molecule has 0 saturated heterocycles. The van der Waals surface area contributed by atoms with E-state index in [0.717, 1.165) is 6.07 Å². The highest BCUT2D eigenvalue weighted by molar-refractivity contribution is 5.35. The van der Waals surface area contributed by atoms with Gasteiger partial charge in [0.2, 0.25) is 0 Å². The molecular formula is C11H10FN3O3. The normalized spacial score (nSPS) is 10.5. The Labute approximate surface area is 102 Å². The number of non-ortho nitro benzene ring substituents is 1. The highest BCUT2D eigenvalue weighted by Crippen LogP contribution is 2.16. The summed E-state index contributed by atoms with van der Waals surface area (Å²) in [5.41, 5.74) is 0.243. The maximum Gasteiger partial charge on any atom is 0.272 e. The maximum absolute atomic E-state index is 13.1. The van der Waals surface area contributed by atoms with Gasteiger partial charge in [-0.05, 0) is 11.6 Å². The predicted molar refractivity (Wildman–Crippen MR) is 60.1 cm³/mol. The van der Waals surface area contributed by atoms with Crippen LogP contribution in [0.4, 0.5) is 10.1 Å². The van der Waals surface area contributed by atoms with Crippen molar-refractivity contribution in [3.05, 3.63) is 57.7 Å². The molecule has 1 N–H and O–H groups in total. The topological polar surface area (TPSA) is 81.2 Å². The second-order valence-corrected chi connectivity index (χ2v) is 3.66. The first-order valence-corrected chi connectivity index (χ1v) is 5.19. The summed E-state index contributed by atoms with van der Waals surface area (Å²) in [6.45, 7) is 0.726. The molecule has 0 unspecified atom stereocenters. The number of nitro benzene ring substituents is 1. The fourth-order valence-corrected chi connectivity index (χ4v) is 1.50. The molecule has 1 heterocycles. The van der Waals surface area contributed by atoms with E-state index in [2.05, 4.69) is 10.5 Å². The molecule has 0 aliphatic heterocycles. The molecule has 0 saturated carbocycles. The third-order valence-electron chi connectivity index (χ3n) is 2.27. The van der Waals surface area contributed by atoms with Crippen LogP contribution >= 0.6 is 0 Å². The van der Waals surface area contributed by atoms with E-state index in [1.807, 2.05) is 0 Å². The van der Waals surface area contributed by atoms with Gasteiger partial charge in [-0.3, -0.25) is 10.1 Å². The zero-order valence-electron chi connectivity index (χ0n) is 9.30. The van der Waals surface area contributed by atoms with Crippen molar-refractivity contribution in [1.82, 2.24) is 10.5 Å². The maximum atomic E-state index is 13.1. The molecule has 6 nitrogen and oxygen atoms in total. The van der Waals surface area contributed by atoms with E-state index in [1.165, 1.54) is 18.3 Å². The van der Waals surface area contributed by atoms with Crippen molar-refractivity contribution < 1.29 is 13.8 Å². The molecule has 0 atom stereocenters. The molecule has 0 amide bonds. The molecule has 94 valence electrons. The molecule has 0 spiro atoms.